The molecule has 1 radical (unpaired) electrons. The Morgan fingerprint density at radius 1 is 0.754 bits per heavy atom. The van der Waals surface area contributed by atoms with E-state index in [1.807, 2.05) is 12.1 Å². The molecule has 0 saturated carbocycles. The number of nitrogens with zero attached hydrogens (tertiary/aromatic N) is 1. The van der Waals surface area contributed by atoms with Crippen LogP contribution in [0.25, 0.3) is 6.08 Å². The largest absolute Gasteiger partial charge is 0.757 e. The SMILES string of the molecule is CC(=O)OCC1OC([S-])C(OC(C)=O)C(OC(C)=O)C1OC(C)=O.Nc1ccc(/C=C2\CCC([PH+](c3ccccc3)c3ccccc3)=C2N2CCOCC2)cc1.[Au]. The van der Waals surface area contributed by atoms with Gasteiger partial charge in [-0.3, -0.25) is 19.2 Å². The van der Waals surface area contributed by atoms with Crippen molar-refractivity contribution in [2.75, 3.05) is 38.6 Å². The third kappa shape index (κ3) is 13.0. The smallest absolute Gasteiger partial charge is 0.303 e. The van der Waals surface area contributed by atoms with Crippen LogP contribution in [0.2, 0.25) is 0 Å². The molecule has 5 unspecified atom stereocenters. The first kappa shape index (κ1) is 45.8. The van der Waals surface area contributed by atoms with Gasteiger partial charge in [-0.2, -0.15) is 0 Å². The summed E-state index contributed by atoms with van der Waals surface area (Å²) in [7, 11) is -1.07. The van der Waals surface area contributed by atoms with Gasteiger partial charge in [-0.25, -0.2) is 0 Å². The number of carbonyl (C=O) groups is 4. The number of benzene rings is 3. The molecule has 2 heterocycles. The molecule has 3 aliphatic rings. The monoisotopic (exact) mass is 1000 g/mol. The van der Waals surface area contributed by atoms with E-state index < -0.39 is 61.7 Å². The maximum absolute atomic E-state index is 11.4. The Bertz CT molecular complexity index is 1840. The van der Waals surface area contributed by atoms with Gasteiger partial charge in [-0.15, -0.1) is 0 Å². The van der Waals surface area contributed by atoms with Gasteiger partial charge in [-0.05, 0) is 65.5 Å². The number of nitrogen functional groups attached to an aromatic ring is 1. The van der Waals surface area contributed by atoms with Gasteiger partial charge in [0.1, 0.15) is 34.7 Å². The van der Waals surface area contributed by atoms with E-state index in [0.717, 1.165) is 65.6 Å². The molecule has 0 aromatic heterocycles. The summed E-state index contributed by atoms with van der Waals surface area (Å²) in [5, 5.41) is 4.53. The topological polar surface area (TPSA) is 153 Å². The Morgan fingerprint density at radius 2 is 1.28 bits per heavy atom. The van der Waals surface area contributed by atoms with E-state index >= 15 is 0 Å². The van der Waals surface area contributed by atoms with Crippen molar-refractivity contribution in [3.8, 4) is 0 Å². The second kappa shape index (κ2) is 22.3. The number of hydrogen-bond donors (Lipinski definition) is 1. The van der Waals surface area contributed by atoms with E-state index in [1.54, 1.807) is 5.31 Å². The van der Waals surface area contributed by atoms with E-state index in [0.29, 0.717) is 0 Å². The van der Waals surface area contributed by atoms with Gasteiger partial charge in [0.15, 0.2) is 12.2 Å². The van der Waals surface area contributed by atoms with Crippen LogP contribution in [0.4, 0.5) is 5.69 Å². The van der Waals surface area contributed by atoms with Crippen molar-refractivity contribution in [1.29, 1.82) is 0 Å². The van der Waals surface area contributed by atoms with Crippen LogP contribution >= 0.6 is 7.92 Å². The molecular formula is C42H49AuN2O10PS. The van der Waals surface area contributed by atoms with E-state index in [1.165, 1.54) is 34.4 Å². The number of ether oxygens (including phenoxy) is 6. The van der Waals surface area contributed by atoms with Crippen LogP contribution in [0, 0.1) is 0 Å². The van der Waals surface area contributed by atoms with Crippen LogP contribution in [0.1, 0.15) is 46.1 Å². The quantitative estimate of drug-likeness (QED) is 0.0761. The van der Waals surface area contributed by atoms with E-state index in [-0.39, 0.29) is 29.0 Å². The summed E-state index contributed by atoms with van der Waals surface area (Å²) in [6.07, 6.45) is 0.0932. The minimum Gasteiger partial charge on any atom is -0.757 e. The first-order valence-corrected chi connectivity index (χ1v) is 20.4. The Balaban J connectivity index is 0.000000260. The fourth-order valence-corrected chi connectivity index (χ4v) is 10.3. The summed E-state index contributed by atoms with van der Waals surface area (Å²) in [5.74, 6) is -2.62. The zero-order valence-electron chi connectivity index (χ0n) is 32.3. The van der Waals surface area contributed by atoms with Gasteiger partial charge in [0.25, 0.3) is 0 Å². The molecule has 2 N–H and O–H groups in total. The predicted molar refractivity (Wildman–Crippen MR) is 217 cm³/mol. The minimum atomic E-state index is -1.19. The van der Waals surface area contributed by atoms with Crippen LogP contribution in [-0.4, -0.2) is 91.5 Å². The molecular weight excluding hydrogens is 952 g/mol. The number of carbonyl (C=O) groups excluding carboxylic acids is 4. The van der Waals surface area contributed by atoms with Crippen LogP contribution < -0.4 is 16.3 Å². The standard InChI is InChI=1S/C28H29N2OP.C14H20O9S.Au/c29-24-14-11-22(12-15-24)21-23-13-16-27(28(23)30-17-19-31-20-18-30)32(25-7-3-1-4-8-25)26-9-5-2-6-10-26;1-6(15)19-5-10-11(20-7(2)16)12(21-8(3)17)13(14(24)23-10)22-9(4)18;/h1-12,14-15,21H,13,16-20,29H2;10-14,24H,5H2,1-4H3;/b23-21+;;. The molecule has 2 saturated heterocycles. The third-order valence-corrected chi connectivity index (χ3v) is 12.5. The van der Waals surface area contributed by atoms with Crippen LogP contribution in [-0.2, 0) is 82.6 Å². The van der Waals surface area contributed by atoms with Gasteiger partial charge in [0.2, 0.25) is 0 Å². The number of rotatable bonds is 10. The van der Waals surface area contributed by atoms with Crippen LogP contribution in [0.5, 0.6) is 0 Å². The number of hydrogen-bond acceptors (Lipinski definition) is 13. The maximum atomic E-state index is 11.4. The first-order valence-electron chi connectivity index (χ1n) is 18.5. The molecule has 12 nitrogen and oxygen atoms in total. The van der Waals surface area contributed by atoms with Crippen molar-refractivity contribution < 1.29 is 70.0 Å². The predicted octanol–water partition coefficient (Wildman–Crippen LogP) is 4.47. The van der Waals surface area contributed by atoms with Crippen molar-refractivity contribution in [3.05, 3.63) is 107 Å². The van der Waals surface area contributed by atoms with Crippen molar-refractivity contribution in [1.82, 2.24) is 4.90 Å². The first-order chi connectivity index (χ1) is 26.9. The average Bonchev–Trinajstić information content (AvgIpc) is 3.58. The second-order valence-corrected chi connectivity index (χ2v) is 16.4. The van der Waals surface area contributed by atoms with Crippen molar-refractivity contribution in [2.45, 2.75) is 70.4 Å². The summed E-state index contributed by atoms with van der Waals surface area (Å²) >= 11 is 5.11. The van der Waals surface area contributed by atoms with Gasteiger partial charge in [0.05, 0.1) is 26.8 Å². The fourth-order valence-electron chi connectivity index (χ4n) is 6.96. The van der Waals surface area contributed by atoms with Gasteiger partial charge >= 0.3 is 23.9 Å². The van der Waals surface area contributed by atoms with E-state index in [9.17, 15) is 19.2 Å². The molecule has 5 atom stereocenters. The maximum Gasteiger partial charge on any atom is 0.303 e. The van der Waals surface area contributed by atoms with E-state index in [4.69, 9.17) is 46.8 Å². The van der Waals surface area contributed by atoms with Crippen LogP contribution in [0.15, 0.2) is 102 Å². The molecule has 6 rings (SSSR count). The molecule has 2 fully saturated rings. The van der Waals surface area contributed by atoms with Crippen molar-refractivity contribution >= 4 is 66.8 Å². The molecule has 2 aliphatic heterocycles. The normalized spacial score (nSPS) is 22.5. The number of esters is 4. The Morgan fingerprint density at radius 3 is 1.81 bits per heavy atom. The molecule has 0 amide bonds. The Hall–Kier alpha value is -3.94. The summed E-state index contributed by atoms with van der Waals surface area (Å²) in [5.41, 5.74) is 9.76. The summed E-state index contributed by atoms with van der Waals surface area (Å²) in [6, 6.07) is 30.4. The Labute approximate surface area is 356 Å². The molecule has 0 spiro atoms. The number of allylic oxidation sites excluding steroid dienone is 2. The molecule has 3 aromatic carbocycles. The average molecular weight is 1000 g/mol. The number of anilines is 1. The van der Waals surface area contributed by atoms with Gasteiger partial charge in [-0.1, -0.05) is 48.5 Å². The minimum absolute atomic E-state index is 0. The fraction of sp³-hybridized carbons (Fsp3) is 0.381. The molecule has 1 aliphatic carbocycles. The molecule has 3 aromatic rings. The zero-order chi connectivity index (χ0) is 40.2. The Kier molecular flexibility index (Phi) is 17.9. The summed E-state index contributed by atoms with van der Waals surface area (Å²) < 4.78 is 31.4. The number of nitrogens with two attached hydrogens (primary N) is 1. The van der Waals surface area contributed by atoms with Crippen LogP contribution in [0.3, 0.4) is 0 Å². The molecule has 15 heteroatoms. The summed E-state index contributed by atoms with van der Waals surface area (Å²) in [6.45, 7) is 7.87. The second-order valence-electron chi connectivity index (χ2n) is 13.4. The van der Waals surface area contributed by atoms with Gasteiger partial charge in [0, 0.05) is 75.3 Å². The zero-order valence-corrected chi connectivity index (χ0v) is 36.3. The summed E-state index contributed by atoms with van der Waals surface area (Å²) in [4.78, 5) is 47.6. The van der Waals surface area contributed by atoms with Gasteiger partial charge < -0.3 is 51.7 Å². The van der Waals surface area contributed by atoms with Crippen molar-refractivity contribution in [2.24, 2.45) is 0 Å². The third-order valence-electron chi connectivity index (χ3n) is 9.21. The molecule has 57 heavy (non-hydrogen) atoms. The molecule has 309 valence electrons. The van der Waals surface area contributed by atoms with Crippen molar-refractivity contribution in [3.63, 3.8) is 0 Å². The van der Waals surface area contributed by atoms with E-state index in [2.05, 4.69) is 83.8 Å². The molecule has 0 bridgehead atoms. The number of morpholine rings is 1.